The van der Waals surface area contributed by atoms with E-state index >= 15 is 0 Å². The molecule has 0 heterocycles. The van der Waals surface area contributed by atoms with E-state index in [0.29, 0.717) is 11.4 Å². The molecule has 0 aliphatic rings. The second-order valence-corrected chi connectivity index (χ2v) is 9.37. The summed E-state index contributed by atoms with van der Waals surface area (Å²) in [4.78, 5) is 26.6. The molecule has 0 radical (unpaired) electrons. The number of thioether (sulfide) groups is 1. The lowest BCUT2D eigenvalue weighted by molar-refractivity contribution is -0.115. The molecule has 170 valence electrons. The van der Waals surface area contributed by atoms with Crippen LogP contribution >= 0.6 is 27.7 Å². The lowest BCUT2D eigenvalue weighted by Crippen LogP contribution is -2.19. The average Bonchev–Trinajstić information content (AvgIpc) is 2.85. The van der Waals surface area contributed by atoms with Crippen LogP contribution in [0.2, 0.25) is 0 Å². The highest BCUT2D eigenvalue weighted by Gasteiger charge is 2.23. The van der Waals surface area contributed by atoms with Crippen molar-refractivity contribution in [2.45, 2.75) is 10.1 Å². The number of halogens is 2. The summed E-state index contributed by atoms with van der Waals surface area (Å²) in [5.41, 5.74) is 2.00. The number of rotatable bonds is 7. The van der Waals surface area contributed by atoms with Crippen LogP contribution < -0.4 is 10.6 Å². The third kappa shape index (κ3) is 5.92. The van der Waals surface area contributed by atoms with Gasteiger partial charge >= 0.3 is 0 Å². The Bertz CT molecular complexity index is 1320. The van der Waals surface area contributed by atoms with Crippen molar-refractivity contribution in [2.75, 3.05) is 10.6 Å². The van der Waals surface area contributed by atoms with Crippen LogP contribution in [0.15, 0.2) is 112 Å². The highest BCUT2D eigenvalue weighted by molar-refractivity contribution is 9.10. The summed E-state index contributed by atoms with van der Waals surface area (Å²) in [6, 6.07) is 29.9. The zero-order valence-corrected chi connectivity index (χ0v) is 20.3. The van der Waals surface area contributed by atoms with Crippen molar-refractivity contribution in [2.24, 2.45) is 0 Å². The molecule has 0 spiro atoms. The molecule has 0 aromatic heterocycles. The Morgan fingerprint density at radius 1 is 0.794 bits per heavy atom. The molecule has 4 nitrogen and oxygen atoms in total. The molecule has 4 rings (SSSR count). The normalized spacial score (nSPS) is 11.5. The first kappa shape index (κ1) is 23.7. The summed E-state index contributed by atoms with van der Waals surface area (Å²) >= 11 is 4.83. The molecule has 0 aliphatic carbocycles. The molecule has 0 saturated carbocycles. The van der Waals surface area contributed by atoms with Crippen LogP contribution in [0.25, 0.3) is 0 Å². The first-order chi connectivity index (χ1) is 16.5. The van der Waals surface area contributed by atoms with Gasteiger partial charge in [0.15, 0.2) is 0 Å². The predicted molar refractivity (Wildman–Crippen MR) is 139 cm³/mol. The van der Waals surface area contributed by atoms with E-state index in [1.807, 2.05) is 60.7 Å². The molecule has 4 aromatic rings. The van der Waals surface area contributed by atoms with Gasteiger partial charge in [-0.15, -0.1) is 11.8 Å². The average molecular weight is 535 g/mol. The van der Waals surface area contributed by atoms with Crippen molar-refractivity contribution in [3.63, 3.8) is 0 Å². The third-order valence-corrected chi connectivity index (χ3v) is 6.88. The summed E-state index contributed by atoms with van der Waals surface area (Å²) in [6.07, 6.45) is 0. The van der Waals surface area contributed by atoms with Gasteiger partial charge in [0.25, 0.3) is 5.91 Å². The molecule has 4 aromatic carbocycles. The van der Waals surface area contributed by atoms with Gasteiger partial charge in [-0.05, 0) is 64.0 Å². The fourth-order valence-corrected chi connectivity index (χ4v) is 4.76. The number of para-hydroxylation sites is 1. The summed E-state index contributed by atoms with van der Waals surface area (Å²) in [6.45, 7) is 0. The predicted octanol–water partition coefficient (Wildman–Crippen LogP) is 7.31. The molecule has 1 unspecified atom stereocenters. The number of carbonyl (C=O) groups is 2. The molecular formula is C27H20BrFN2O2S. The third-order valence-electron chi connectivity index (χ3n) is 4.94. The van der Waals surface area contributed by atoms with Crippen molar-refractivity contribution in [3.8, 4) is 0 Å². The van der Waals surface area contributed by atoms with Gasteiger partial charge in [0.05, 0.1) is 11.3 Å². The number of benzene rings is 4. The van der Waals surface area contributed by atoms with Gasteiger partial charge in [-0.2, -0.15) is 0 Å². The van der Waals surface area contributed by atoms with Crippen molar-refractivity contribution < 1.29 is 14.0 Å². The van der Waals surface area contributed by atoms with Crippen molar-refractivity contribution in [1.29, 1.82) is 0 Å². The van der Waals surface area contributed by atoms with Gasteiger partial charge in [0.1, 0.15) is 11.1 Å². The standard InChI is InChI=1S/C27H20BrFN2O2S/c28-22-14-5-7-16-24(22)31-27(33)25(18-9-2-1-3-10-18)34-20-12-8-11-19(17-20)30-26(32)21-13-4-6-15-23(21)29/h1-17,25H,(H,30,32)(H,31,33). The second kappa shape index (κ2) is 11.1. The molecule has 2 N–H and O–H groups in total. The number of amides is 2. The Balaban J connectivity index is 1.56. The maximum Gasteiger partial charge on any atom is 0.258 e. The van der Waals surface area contributed by atoms with Gasteiger partial charge in [-0.25, -0.2) is 4.39 Å². The minimum absolute atomic E-state index is 0.0319. The largest absolute Gasteiger partial charge is 0.324 e. The molecule has 0 saturated heterocycles. The molecule has 2 amide bonds. The summed E-state index contributed by atoms with van der Waals surface area (Å²) in [5.74, 6) is -1.30. The lowest BCUT2D eigenvalue weighted by Gasteiger charge is -2.18. The van der Waals surface area contributed by atoms with Crippen LogP contribution in [0.5, 0.6) is 0 Å². The smallest absolute Gasteiger partial charge is 0.258 e. The number of hydrogen-bond donors (Lipinski definition) is 2. The zero-order chi connectivity index (χ0) is 23.9. The zero-order valence-electron chi connectivity index (χ0n) is 17.9. The number of anilines is 2. The Labute approximate surface area is 209 Å². The van der Waals surface area contributed by atoms with Gasteiger partial charge in [0, 0.05) is 15.1 Å². The minimum atomic E-state index is -0.585. The van der Waals surface area contributed by atoms with E-state index in [2.05, 4.69) is 26.6 Å². The number of hydrogen-bond acceptors (Lipinski definition) is 3. The molecule has 0 aliphatic heterocycles. The minimum Gasteiger partial charge on any atom is -0.324 e. The highest BCUT2D eigenvalue weighted by atomic mass is 79.9. The molecule has 7 heteroatoms. The maximum absolute atomic E-state index is 14.0. The Morgan fingerprint density at radius 3 is 2.26 bits per heavy atom. The van der Waals surface area contributed by atoms with Gasteiger partial charge in [0.2, 0.25) is 5.91 Å². The van der Waals surface area contributed by atoms with Crippen LogP contribution in [-0.2, 0) is 4.79 Å². The lowest BCUT2D eigenvalue weighted by atomic mass is 10.1. The summed E-state index contributed by atoms with van der Waals surface area (Å²) in [7, 11) is 0. The molecule has 0 bridgehead atoms. The topological polar surface area (TPSA) is 58.2 Å². The van der Waals surface area contributed by atoms with Crippen LogP contribution in [0.1, 0.15) is 21.2 Å². The van der Waals surface area contributed by atoms with E-state index in [9.17, 15) is 14.0 Å². The van der Waals surface area contributed by atoms with E-state index in [-0.39, 0.29) is 11.5 Å². The van der Waals surface area contributed by atoms with Crippen LogP contribution in [0.3, 0.4) is 0 Å². The fraction of sp³-hybridized carbons (Fsp3) is 0.0370. The van der Waals surface area contributed by atoms with E-state index < -0.39 is 17.0 Å². The molecule has 34 heavy (non-hydrogen) atoms. The van der Waals surface area contributed by atoms with Gasteiger partial charge < -0.3 is 10.6 Å². The van der Waals surface area contributed by atoms with E-state index in [4.69, 9.17) is 0 Å². The van der Waals surface area contributed by atoms with E-state index in [1.54, 1.807) is 24.3 Å². The van der Waals surface area contributed by atoms with Gasteiger partial charge in [-0.1, -0.05) is 60.7 Å². The van der Waals surface area contributed by atoms with Crippen molar-refractivity contribution in [3.05, 3.63) is 125 Å². The first-order valence-corrected chi connectivity index (χ1v) is 12.1. The summed E-state index contributed by atoms with van der Waals surface area (Å²) in [5, 5.41) is 5.18. The molecule has 1 atom stereocenters. The SMILES string of the molecule is O=C(Nc1cccc(SC(C(=O)Nc2ccccc2Br)c2ccccc2)c1)c1ccccc1F. The fourth-order valence-electron chi connectivity index (χ4n) is 3.29. The maximum atomic E-state index is 14.0. The van der Waals surface area contributed by atoms with Gasteiger partial charge in [-0.3, -0.25) is 9.59 Å². The van der Waals surface area contributed by atoms with Crippen LogP contribution in [-0.4, -0.2) is 11.8 Å². The second-order valence-electron chi connectivity index (χ2n) is 7.34. The van der Waals surface area contributed by atoms with E-state index in [0.717, 1.165) is 14.9 Å². The van der Waals surface area contributed by atoms with E-state index in [1.165, 1.54) is 30.0 Å². The number of carbonyl (C=O) groups excluding carboxylic acids is 2. The quantitative estimate of drug-likeness (QED) is 0.244. The Kier molecular flexibility index (Phi) is 7.77. The Hall–Kier alpha value is -3.42. The van der Waals surface area contributed by atoms with Crippen LogP contribution in [0.4, 0.5) is 15.8 Å². The summed E-state index contributed by atoms with van der Waals surface area (Å²) < 4.78 is 14.8. The monoisotopic (exact) mass is 534 g/mol. The van der Waals surface area contributed by atoms with Crippen molar-refractivity contribution >= 4 is 50.9 Å². The highest BCUT2D eigenvalue weighted by Crippen LogP contribution is 2.37. The first-order valence-electron chi connectivity index (χ1n) is 10.4. The molecule has 0 fully saturated rings. The van der Waals surface area contributed by atoms with Crippen LogP contribution in [0, 0.1) is 5.82 Å². The Morgan fingerprint density at radius 2 is 1.50 bits per heavy atom. The van der Waals surface area contributed by atoms with Crippen molar-refractivity contribution in [1.82, 2.24) is 0 Å². The number of nitrogens with one attached hydrogen (secondary N) is 2. The molecular weight excluding hydrogens is 515 g/mol.